The molecule has 1 heteroatoms. The van der Waals surface area contributed by atoms with Crippen LogP contribution in [0.25, 0.3) is 0 Å². The quantitative estimate of drug-likeness (QED) is 0.397. The molecule has 0 spiro atoms. The first kappa shape index (κ1) is 20.0. The normalized spacial score (nSPS) is 44.2. The van der Waals surface area contributed by atoms with Crippen LogP contribution < -0.4 is 0 Å². The maximum Gasteiger partial charge on any atom is 0.0543 e. The van der Waals surface area contributed by atoms with E-state index in [1.807, 2.05) is 11.1 Å². The predicted molar refractivity (Wildman–Crippen MR) is 115 cm³/mol. The van der Waals surface area contributed by atoms with Crippen LogP contribution in [0.4, 0.5) is 0 Å². The standard InChI is InChI=1S/C26H44O/c1-18(2)7-5-6-8-19-10-12-23-22-11-9-20-17-21(27)13-15-26(20,4)24(22)14-16-25(19,23)3/h18-21,23,27H,5-17H2,1-4H3. The van der Waals surface area contributed by atoms with Gasteiger partial charge >= 0.3 is 0 Å². The maximum atomic E-state index is 10.2. The van der Waals surface area contributed by atoms with Crippen LogP contribution >= 0.6 is 0 Å². The van der Waals surface area contributed by atoms with Crippen molar-refractivity contribution in [3.8, 4) is 0 Å². The summed E-state index contributed by atoms with van der Waals surface area (Å²) in [5.74, 6) is 3.48. The van der Waals surface area contributed by atoms with E-state index in [0.717, 1.165) is 36.5 Å². The molecule has 4 aliphatic carbocycles. The number of fused-ring (bicyclic) bond motifs is 4. The molecule has 154 valence electrons. The van der Waals surface area contributed by atoms with Crippen molar-refractivity contribution in [3.05, 3.63) is 11.1 Å². The molecule has 0 saturated heterocycles. The van der Waals surface area contributed by atoms with Gasteiger partial charge in [0.05, 0.1) is 6.10 Å². The number of hydrogen-bond donors (Lipinski definition) is 1. The first-order valence-electron chi connectivity index (χ1n) is 12.2. The molecule has 27 heavy (non-hydrogen) atoms. The third-order valence-corrected chi connectivity index (χ3v) is 9.74. The van der Waals surface area contributed by atoms with E-state index in [0.29, 0.717) is 10.8 Å². The Bertz CT molecular complexity index is 575. The van der Waals surface area contributed by atoms with E-state index in [-0.39, 0.29) is 6.10 Å². The van der Waals surface area contributed by atoms with Gasteiger partial charge in [0, 0.05) is 0 Å². The number of unbranched alkanes of at least 4 members (excludes halogenated alkanes) is 1. The Morgan fingerprint density at radius 2 is 1.81 bits per heavy atom. The van der Waals surface area contributed by atoms with Crippen LogP contribution in [-0.4, -0.2) is 11.2 Å². The van der Waals surface area contributed by atoms with E-state index in [9.17, 15) is 5.11 Å². The van der Waals surface area contributed by atoms with Crippen molar-refractivity contribution in [2.75, 3.05) is 0 Å². The number of aliphatic hydroxyl groups is 1. The first-order chi connectivity index (χ1) is 12.8. The predicted octanol–water partition coefficient (Wildman–Crippen LogP) is 7.29. The molecule has 0 aromatic rings. The van der Waals surface area contributed by atoms with Gasteiger partial charge in [0.2, 0.25) is 0 Å². The Hall–Kier alpha value is -0.300. The summed E-state index contributed by atoms with van der Waals surface area (Å²) in [6.45, 7) is 9.96. The fourth-order valence-electron chi connectivity index (χ4n) is 7.96. The highest BCUT2D eigenvalue weighted by Gasteiger charge is 2.54. The van der Waals surface area contributed by atoms with Crippen LogP contribution in [0.1, 0.15) is 111 Å². The van der Waals surface area contributed by atoms with Gasteiger partial charge in [-0.15, -0.1) is 0 Å². The van der Waals surface area contributed by atoms with Crippen molar-refractivity contribution in [1.82, 2.24) is 0 Å². The Labute approximate surface area is 168 Å². The smallest absolute Gasteiger partial charge is 0.0543 e. The van der Waals surface area contributed by atoms with Crippen molar-refractivity contribution in [1.29, 1.82) is 0 Å². The number of aliphatic hydroxyl groups excluding tert-OH is 1. The minimum absolute atomic E-state index is 0.0271. The Morgan fingerprint density at radius 3 is 2.59 bits per heavy atom. The van der Waals surface area contributed by atoms with Crippen LogP contribution in [0.2, 0.25) is 0 Å². The molecule has 4 rings (SSSR count). The van der Waals surface area contributed by atoms with Crippen molar-refractivity contribution in [2.45, 2.75) is 117 Å². The third-order valence-electron chi connectivity index (χ3n) is 9.74. The lowest BCUT2D eigenvalue weighted by Gasteiger charge is -2.54. The third kappa shape index (κ3) is 3.45. The van der Waals surface area contributed by atoms with Crippen molar-refractivity contribution < 1.29 is 5.11 Å². The fourth-order valence-corrected chi connectivity index (χ4v) is 7.96. The van der Waals surface area contributed by atoms with Gasteiger partial charge in [-0.1, -0.05) is 58.1 Å². The second-order valence-electron chi connectivity index (χ2n) is 11.6. The zero-order chi connectivity index (χ0) is 19.2. The van der Waals surface area contributed by atoms with Crippen LogP contribution in [-0.2, 0) is 0 Å². The monoisotopic (exact) mass is 372 g/mol. The van der Waals surface area contributed by atoms with Gasteiger partial charge in [0.25, 0.3) is 0 Å². The molecule has 0 heterocycles. The molecule has 2 fully saturated rings. The van der Waals surface area contributed by atoms with Crippen molar-refractivity contribution in [2.24, 2.45) is 34.5 Å². The highest BCUT2D eigenvalue weighted by molar-refractivity contribution is 5.34. The summed E-state index contributed by atoms with van der Waals surface area (Å²) in [7, 11) is 0. The van der Waals surface area contributed by atoms with Crippen LogP contribution in [0.15, 0.2) is 11.1 Å². The lowest BCUT2D eigenvalue weighted by atomic mass is 9.51. The molecule has 0 bridgehead atoms. The molecule has 1 N–H and O–H groups in total. The molecule has 1 nitrogen and oxygen atoms in total. The molecule has 0 aromatic carbocycles. The highest BCUT2D eigenvalue weighted by Crippen LogP contribution is 2.65. The maximum absolute atomic E-state index is 10.2. The molecule has 6 unspecified atom stereocenters. The fraction of sp³-hybridized carbons (Fsp3) is 0.923. The number of rotatable bonds is 5. The van der Waals surface area contributed by atoms with E-state index in [1.54, 1.807) is 0 Å². The minimum atomic E-state index is -0.0271. The van der Waals surface area contributed by atoms with Gasteiger partial charge in [0.15, 0.2) is 0 Å². The lowest BCUT2D eigenvalue weighted by molar-refractivity contribution is 0.0155. The van der Waals surface area contributed by atoms with E-state index in [1.165, 1.54) is 70.6 Å². The van der Waals surface area contributed by atoms with E-state index >= 15 is 0 Å². The summed E-state index contributed by atoms with van der Waals surface area (Å²) in [6, 6.07) is 0. The van der Waals surface area contributed by atoms with Crippen LogP contribution in [0.3, 0.4) is 0 Å². The van der Waals surface area contributed by atoms with Gasteiger partial charge in [-0.25, -0.2) is 0 Å². The van der Waals surface area contributed by atoms with Gasteiger partial charge in [-0.3, -0.25) is 0 Å². The molecule has 0 aliphatic heterocycles. The topological polar surface area (TPSA) is 20.2 Å². The van der Waals surface area contributed by atoms with E-state index < -0.39 is 0 Å². The molecule has 2 saturated carbocycles. The Morgan fingerprint density at radius 1 is 1.00 bits per heavy atom. The summed E-state index contributed by atoms with van der Waals surface area (Å²) in [4.78, 5) is 0. The van der Waals surface area contributed by atoms with Crippen molar-refractivity contribution >= 4 is 0 Å². The average molecular weight is 373 g/mol. The molecular formula is C26H44O. The first-order valence-corrected chi connectivity index (χ1v) is 12.2. The van der Waals surface area contributed by atoms with Gasteiger partial charge in [-0.2, -0.15) is 0 Å². The van der Waals surface area contributed by atoms with E-state index in [4.69, 9.17) is 0 Å². The lowest BCUT2D eigenvalue weighted by Crippen LogP contribution is -2.45. The second-order valence-corrected chi connectivity index (χ2v) is 11.6. The minimum Gasteiger partial charge on any atom is -0.393 e. The largest absolute Gasteiger partial charge is 0.393 e. The van der Waals surface area contributed by atoms with Crippen LogP contribution in [0, 0.1) is 34.5 Å². The Kier molecular flexibility index (Phi) is 5.56. The summed E-state index contributed by atoms with van der Waals surface area (Å²) in [5.41, 5.74) is 4.81. The summed E-state index contributed by atoms with van der Waals surface area (Å²) >= 11 is 0. The molecule has 6 atom stereocenters. The zero-order valence-electron chi connectivity index (χ0n) is 18.5. The van der Waals surface area contributed by atoms with Gasteiger partial charge in [0.1, 0.15) is 0 Å². The molecule has 4 aliphatic rings. The van der Waals surface area contributed by atoms with Crippen molar-refractivity contribution in [3.63, 3.8) is 0 Å². The summed E-state index contributed by atoms with van der Waals surface area (Å²) in [5, 5.41) is 10.2. The zero-order valence-corrected chi connectivity index (χ0v) is 18.5. The summed E-state index contributed by atoms with van der Waals surface area (Å²) < 4.78 is 0. The average Bonchev–Trinajstić information content (AvgIpc) is 2.96. The number of hydrogen-bond acceptors (Lipinski definition) is 1. The summed E-state index contributed by atoms with van der Waals surface area (Å²) in [6.07, 6.45) is 17.5. The van der Waals surface area contributed by atoms with E-state index in [2.05, 4.69) is 27.7 Å². The molecular weight excluding hydrogens is 328 g/mol. The van der Waals surface area contributed by atoms with Gasteiger partial charge in [-0.05, 0) is 98.7 Å². The highest BCUT2D eigenvalue weighted by atomic mass is 16.3. The SMILES string of the molecule is CC(C)CCCCC1CCC2C3=C(CCC12C)C1(C)CCC(O)CC1CC3. The molecule has 0 aromatic heterocycles. The molecule has 0 radical (unpaired) electrons. The Balaban J connectivity index is 1.49. The van der Waals surface area contributed by atoms with Gasteiger partial charge < -0.3 is 5.11 Å². The van der Waals surface area contributed by atoms with Crippen LogP contribution in [0.5, 0.6) is 0 Å². The number of allylic oxidation sites excluding steroid dienone is 2. The second kappa shape index (κ2) is 7.51. The molecule has 0 amide bonds.